The molecule has 5 heteroatoms. The third-order valence-corrected chi connectivity index (χ3v) is 1.88. The SMILES string of the molecule is CSCc1noc(CCCO)n1. The van der Waals surface area contributed by atoms with Crippen molar-refractivity contribution in [3.63, 3.8) is 0 Å². The molecule has 0 amide bonds. The molecule has 0 aliphatic rings. The molecule has 0 atom stereocenters. The van der Waals surface area contributed by atoms with Gasteiger partial charge in [0.25, 0.3) is 0 Å². The van der Waals surface area contributed by atoms with Crippen LogP contribution in [0.15, 0.2) is 4.52 Å². The van der Waals surface area contributed by atoms with Crippen molar-refractivity contribution >= 4 is 11.8 Å². The molecule has 1 aromatic heterocycles. The Morgan fingerprint density at radius 3 is 3.08 bits per heavy atom. The van der Waals surface area contributed by atoms with Crippen LogP contribution >= 0.6 is 11.8 Å². The molecule has 0 radical (unpaired) electrons. The Morgan fingerprint density at radius 1 is 1.58 bits per heavy atom. The van der Waals surface area contributed by atoms with Gasteiger partial charge in [-0.25, -0.2) is 0 Å². The van der Waals surface area contributed by atoms with Gasteiger partial charge in [0.2, 0.25) is 5.89 Å². The summed E-state index contributed by atoms with van der Waals surface area (Å²) in [6, 6.07) is 0. The summed E-state index contributed by atoms with van der Waals surface area (Å²) in [6.07, 6.45) is 3.34. The lowest BCUT2D eigenvalue weighted by Gasteiger charge is -1.87. The minimum atomic E-state index is 0.167. The molecule has 1 aromatic rings. The second-order valence-electron chi connectivity index (χ2n) is 2.36. The molecule has 0 aliphatic carbocycles. The van der Waals surface area contributed by atoms with Gasteiger partial charge in [-0.3, -0.25) is 0 Å². The largest absolute Gasteiger partial charge is 0.396 e. The van der Waals surface area contributed by atoms with E-state index >= 15 is 0 Å². The van der Waals surface area contributed by atoms with Crippen LogP contribution in [0.25, 0.3) is 0 Å². The van der Waals surface area contributed by atoms with Crippen LogP contribution < -0.4 is 0 Å². The summed E-state index contributed by atoms with van der Waals surface area (Å²) in [7, 11) is 0. The molecule has 0 fully saturated rings. The normalized spacial score (nSPS) is 10.5. The maximum absolute atomic E-state index is 8.54. The minimum absolute atomic E-state index is 0.167. The fourth-order valence-corrected chi connectivity index (χ4v) is 1.19. The Labute approximate surface area is 75.4 Å². The first-order valence-corrected chi connectivity index (χ1v) is 5.17. The third kappa shape index (κ3) is 2.83. The van der Waals surface area contributed by atoms with Crippen LogP contribution in [0.2, 0.25) is 0 Å². The molecule has 12 heavy (non-hydrogen) atoms. The predicted molar refractivity (Wildman–Crippen MR) is 46.9 cm³/mol. The van der Waals surface area contributed by atoms with E-state index in [0.29, 0.717) is 18.7 Å². The number of aromatic nitrogens is 2. The van der Waals surface area contributed by atoms with Gasteiger partial charge < -0.3 is 9.63 Å². The first-order chi connectivity index (χ1) is 5.86. The molecule has 4 nitrogen and oxygen atoms in total. The monoisotopic (exact) mass is 188 g/mol. The van der Waals surface area contributed by atoms with Gasteiger partial charge in [0.05, 0.1) is 5.75 Å². The first-order valence-electron chi connectivity index (χ1n) is 3.78. The average Bonchev–Trinajstić information content (AvgIpc) is 2.50. The fraction of sp³-hybridized carbons (Fsp3) is 0.714. The third-order valence-electron chi connectivity index (χ3n) is 1.33. The van der Waals surface area contributed by atoms with Gasteiger partial charge in [-0.1, -0.05) is 5.16 Å². The van der Waals surface area contributed by atoms with E-state index in [1.54, 1.807) is 11.8 Å². The van der Waals surface area contributed by atoms with Crippen LogP contribution in [0, 0.1) is 0 Å². The fourth-order valence-electron chi connectivity index (χ4n) is 0.810. The van der Waals surface area contributed by atoms with E-state index in [2.05, 4.69) is 10.1 Å². The van der Waals surface area contributed by atoms with Crippen LogP contribution in [0.5, 0.6) is 0 Å². The Morgan fingerprint density at radius 2 is 2.42 bits per heavy atom. The van der Waals surface area contributed by atoms with Crippen LogP contribution in [0.4, 0.5) is 0 Å². The van der Waals surface area contributed by atoms with Gasteiger partial charge in [-0.15, -0.1) is 0 Å². The van der Waals surface area contributed by atoms with Crippen molar-refractivity contribution in [2.75, 3.05) is 12.9 Å². The van der Waals surface area contributed by atoms with Crippen molar-refractivity contribution in [2.45, 2.75) is 18.6 Å². The summed E-state index contributed by atoms with van der Waals surface area (Å²) >= 11 is 1.66. The predicted octanol–water partition coefficient (Wildman–Crippen LogP) is 0.857. The highest BCUT2D eigenvalue weighted by atomic mass is 32.2. The van der Waals surface area contributed by atoms with Crippen molar-refractivity contribution < 1.29 is 9.63 Å². The Bertz CT molecular complexity index is 227. The molecule has 1 N–H and O–H groups in total. The maximum atomic E-state index is 8.54. The standard InChI is InChI=1S/C7H12N2O2S/c1-12-5-6-8-7(11-9-6)3-2-4-10/h10H,2-5H2,1H3. The van der Waals surface area contributed by atoms with Crippen LogP contribution in [0.1, 0.15) is 18.1 Å². The van der Waals surface area contributed by atoms with E-state index < -0.39 is 0 Å². The molecule has 68 valence electrons. The van der Waals surface area contributed by atoms with Crippen molar-refractivity contribution in [3.8, 4) is 0 Å². The average molecular weight is 188 g/mol. The number of thioether (sulfide) groups is 1. The van der Waals surface area contributed by atoms with E-state index in [0.717, 1.165) is 11.6 Å². The van der Waals surface area contributed by atoms with E-state index in [9.17, 15) is 0 Å². The first kappa shape index (κ1) is 9.54. The lowest BCUT2D eigenvalue weighted by Crippen LogP contribution is -1.90. The van der Waals surface area contributed by atoms with E-state index in [1.807, 2.05) is 6.26 Å². The van der Waals surface area contributed by atoms with Crippen LogP contribution in [-0.2, 0) is 12.2 Å². The van der Waals surface area contributed by atoms with Crippen molar-refractivity contribution in [1.82, 2.24) is 10.1 Å². The maximum Gasteiger partial charge on any atom is 0.226 e. The van der Waals surface area contributed by atoms with E-state index in [1.165, 1.54) is 0 Å². The highest BCUT2D eigenvalue weighted by Gasteiger charge is 2.03. The number of hydrogen-bond donors (Lipinski definition) is 1. The highest BCUT2D eigenvalue weighted by molar-refractivity contribution is 7.97. The number of nitrogens with zero attached hydrogens (tertiary/aromatic N) is 2. The molecule has 1 heterocycles. The lowest BCUT2D eigenvalue weighted by molar-refractivity contribution is 0.278. The topological polar surface area (TPSA) is 59.2 Å². The molecule has 0 unspecified atom stereocenters. The van der Waals surface area contributed by atoms with Gasteiger partial charge in [-0.2, -0.15) is 16.7 Å². The molecular weight excluding hydrogens is 176 g/mol. The summed E-state index contributed by atoms with van der Waals surface area (Å²) in [6.45, 7) is 0.167. The molecular formula is C7H12N2O2S. The number of hydrogen-bond acceptors (Lipinski definition) is 5. The molecule has 0 aliphatic heterocycles. The van der Waals surface area contributed by atoms with Gasteiger partial charge >= 0.3 is 0 Å². The number of aliphatic hydroxyl groups is 1. The number of rotatable bonds is 5. The lowest BCUT2D eigenvalue weighted by atomic mass is 10.3. The Balaban J connectivity index is 2.41. The zero-order valence-corrected chi connectivity index (χ0v) is 7.80. The van der Waals surface area contributed by atoms with Gasteiger partial charge in [0.1, 0.15) is 0 Å². The second kappa shape index (κ2) is 5.16. The number of aliphatic hydroxyl groups excluding tert-OH is 1. The molecule has 0 saturated heterocycles. The summed E-state index contributed by atoms with van der Waals surface area (Å²) in [4.78, 5) is 4.13. The van der Waals surface area contributed by atoms with E-state index in [-0.39, 0.29) is 6.61 Å². The van der Waals surface area contributed by atoms with Crippen molar-refractivity contribution in [2.24, 2.45) is 0 Å². The summed E-state index contributed by atoms with van der Waals surface area (Å²) < 4.78 is 4.93. The molecule has 0 bridgehead atoms. The van der Waals surface area contributed by atoms with Gasteiger partial charge in [-0.05, 0) is 12.7 Å². The second-order valence-corrected chi connectivity index (χ2v) is 3.23. The Kier molecular flexibility index (Phi) is 4.10. The zero-order valence-electron chi connectivity index (χ0n) is 6.99. The molecule has 0 aromatic carbocycles. The molecule has 0 saturated carbocycles. The van der Waals surface area contributed by atoms with Crippen molar-refractivity contribution in [1.29, 1.82) is 0 Å². The number of aryl methyl sites for hydroxylation is 1. The molecule has 1 rings (SSSR count). The molecule has 0 spiro atoms. The highest BCUT2D eigenvalue weighted by Crippen LogP contribution is 2.06. The summed E-state index contributed by atoms with van der Waals surface area (Å²) in [5.41, 5.74) is 0. The van der Waals surface area contributed by atoms with Crippen LogP contribution in [-0.4, -0.2) is 28.1 Å². The van der Waals surface area contributed by atoms with E-state index in [4.69, 9.17) is 9.63 Å². The van der Waals surface area contributed by atoms with Crippen LogP contribution in [0.3, 0.4) is 0 Å². The van der Waals surface area contributed by atoms with Gasteiger partial charge in [0.15, 0.2) is 5.82 Å². The summed E-state index contributed by atoms with van der Waals surface area (Å²) in [5.74, 6) is 2.13. The quantitative estimate of drug-likeness (QED) is 0.742. The zero-order chi connectivity index (χ0) is 8.81. The van der Waals surface area contributed by atoms with Crippen molar-refractivity contribution in [3.05, 3.63) is 11.7 Å². The van der Waals surface area contributed by atoms with Gasteiger partial charge in [0, 0.05) is 13.0 Å². The smallest absolute Gasteiger partial charge is 0.226 e. The minimum Gasteiger partial charge on any atom is -0.396 e. The summed E-state index contributed by atoms with van der Waals surface area (Å²) in [5, 5.41) is 12.3. The Hall–Kier alpha value is -0.550.